The number of thiazole rings is 1. The molecule has 2 aromatic carbocycles. The summed E-state index contributed by atoms with van der Waals surface area (Å²) in [5.41, 5.74) is 3.66. The van der Waals surface area contributed by atoms with Gasteiger partial charge >= 0.3 is 0 Å². The maximum Gasteiger partial charge on any atom is 0.273 e. The van der Waals surface area contributed by atoms with Crippen LogP contribution in [0.5, 0.6) is 0 Å². The second-order valence-electron chi connectivity index (χ2n) is 7.41. The number of nitrogens with zero attached hydrogens (tertiary/aromatic N) is 3. The molecule has 0 aliphatic heterocycles. The van der Waals surface area contributed by atoms with Gasteiger partial charge in [-0.2, -0.15) is 5.26 Å². The predicted molar refractivity (Wildman–Crippen MR) is 131 cm³/mol. The number of carbonyl (C=O) groups excluding carboxylic acids is 1. The number of aryl methyl sites for hydroxylation is 2. The number of rotatable bonds is 4. The lowest BCUT2D eigenvalue weighted by atomic mass is 10.1. The first-order valence-corrected chi connectivity index (χ1v) is 11.0. The van der Waals surface area contributed by atoms with Crippen LogP contribution in [0.2, 0.25) is 0 Å². The third kappa shape index (κ3) is 4.66. The molecule has 0 radical (unpaired) electrons. The van der Waals surface area contributed by atoms with Crippen molar-refractivity contribution in [3.63, 3.8) is 0 Å². The number of hydrogen-bond donors (Lipinski definition) is 1. The number of para-hydroxylation sites is 1. The predicted octanol–water partition coefficient (Wildman–Crippen LogP) is 3.05. The SMILES string of the molecule is Cc1ccc(NC(=O)/C(C#N)=c2/s/c(=C/c3ccncc3)c(=O)n2-c2ccccc2)cc1C. The Kier molecular flexibility index (Phi) is 6.29. The molecule has 33 heavy (non-hydrogen) atoms. The van der Waals surface area contributed by atoms with E-state index in [0.29, 0.717) is 15.9 Å². The van der Waals surface area contributed by atoms with Crippen molar-refractivity contribution < 1.29 is 4.79 Å². The summed E-state index contributed by atoms with van der Waals surface area (Å²) in [4.78, 5) is 30.5. The Morgan fingerprint density at radius 2 is 1.79 bits per heavy atom. The molecule has 2 heterocycles. The number of pyridine rings is 1. The topological polar surface area (TPSA) is 87.8 Å². The van der Waals surface area contributed by atoms with Gasteiger partial charge in [0.05, 0.1) is 10.2 Å². The monoisotopic (exact) mass is 452 g/mol. The quantitative estimate of drug-likeness (QED) is 0.516. The first kappa shape index (κ1) is 21.9. The fourth-order valence-electron chi connectivity index (χ4n) is 3.28. The largest absolute Gasteiger partial charge is 0.321 e. The zero-order valence-corrected chi connectivity index (χ0v) is 18.9. The van der Waals surface area contributed by atoms with Gasteiger partial charge in [0.25, 0.3) is 11.5 Å². The molecule has 0 aliphatic carbocycles. The zero-order valence-electron chi connectivity index (χ0n) is 18.1. The van der Waals surface area contributed by atoms with Crippen LogP contribution in [-0.4, -0.2) is 15.5 Å². The van der Waals surface area contributed by atoms with E-state index in [9.17, 15) is 14.9 Å². The molecule has 2 aromatic heterocycles. The summed E-state index contributed by atoms with van der Waals surface area (Å²) in [6.45, 7) is 3.94. The average Bonchev–Trinajstić information content (AvgIpc) is 3.13. The smallest absolute Gasteiger partial charge is 0.273 e. The number of aromatic nitrogens is 2. The minimum absolute atomic E-state index is 0.131. The Balaban J connectivity index is 1.93. The molecule has 7 heteroatoms. The minimum atomic E-state index is -0.567. The van der Waals surface area contributed by atoms with Crippen LogP contribution < -0.4 is 20.1 Å². The van der Waals surface area contributed by atoms with Gasteiger partial charge in [-0.25, -0.2) is 0 Å². The lowest BCUT2D eigenvalue weighted by molar-refractivity contribution is -0.111. The van der Waals surface area contributed by atoms with Gasteiger partial charge in [0.15, 0.2) is 5.57 Å². The van der Waals surface area contributed by atoms with Gasteiger partial charge in [0.1, 0.15) is 10.7 Å². The molecule has 0 bridgehead atoms. The second kappa shape index (κ2) is 9.47. The molecule has 0 atom stereocenters. The van der Waals surface area contributed by atoms with Crippen molar-refractivity contribution in [2.75, 3.05) is 5.32 Å². The zero-order chi connectivity index (χ0) is 23.4. The molecule has 1 amide bonds. The number of nitriles is 1. The molecule has 0 fully saturated rings. The van der Waals surface area contributed by atoms with Gasteiger partial charge in [-0.1, -0.05) is 24.3 Å². The van der Waals surface area contributed by atoms with Crippen molar-refractivity contribution in [3.8, 4) is 11.8 Å². The highest BCUT2D eigenvalue weighted by molar-refractivity contribution is 7.07. The van der Waals surface area contributed by atoms with E-state index in [4.69, 9.17) is 0 Å². The Morgan fingerprint density at radius 1 is 1.06 bits per heavy atom. The first-order valence-electron chi connectivity index (χ1n) is 10.2. The Morgan fingerprint density at radius 3 is 2.45 bits per heavy atom. The van der Waals surface area contributed by atoms with Crippen LogP contribution in [0.3, 0.4) is 0 Å². The molecule has 4 aromatic rings. The Bertz CT molecular complexity index is 1550. The fraction of sp³-hybridized carbons (Fsp3) is 0.0769. The van der Waals surface area contributed by atoms with Gasteiger partial charge < -0.3 is 5.32 Å². The van der Waals surface area contributed by atoms with Gasteiger partial charge in [-0.15, -0.1) is 11.3 Å². The third-order valence-electron chi connectivity index (χ3n) is 5.16. The molecule has 6 nitrogen and oxygen atoms in total. The Hall–Kier alpha value is -4.28. The fourth-order valence-corrected chi connectivity index (χ4v) is 4.38. The number of anilines is 1. The van der Waals surface area contributed by atoms with Gasteiger partial charge in [-0.3, -0.25) is 19.1 Å². The number of carbonyl (C=O) groups is 1. The van der Waals surface area contributed by atoms with Crippen molar-refractivity contribution in [3.05, 3.63) is 109 Å². The summed E-state index contributed by atoms with van der Waals surface area (Å²) in [5, 5.41) is 12.7. The maximum absolute atomic E-state index is 13.4. The van der Waals surface area contributed by atoms with Crippen molar-refractivity contribution in [1.29, 1.82) is 5.26 Å². The summed E-state index contributed by atoms with van der Waals surface area (Å²) in [6, 6.07) is 20.1. The summed E-state index contributed by atoms with van der Waals surface area (Å²) in [6.07, 6.45) is 5.01. The van der Waals surface area contributed by atoms with E-state index in [-0.39, 0.29) is 15.8 Å². The van der Waals surface area contributed by atoms with Crippen LogP contribution in [-0.2, 0) is 4.79 Å². The number of benzene rings is 2. The van der Waals surface area contributed by atoms with Crippen LogP contribution in [0.4, 0.5) is 5.69 Å². The van der Waals surface area contributed by atoms with Crippen LogP contribution in [0.15, 0.2) is 77.9 Å². The summed E-state index contributed by atoms with van der Waals surface area (Å²) in [5.74, 6) is -0.567. The van der Waals surface area contributed by atoms with E-state index < -0.39 is 5.91 Å². The summed E-state index contributed by atoms with van der Waals surface area (Å²) >= 11 is 1.11. The lowest BCUT2D eigenvalue weighted by Crippen LogP contribution is -2.32. The molecule has 4 rings (SSSR count). The maximum atomic E-state index is 13.4. The molecule has 0 saturated heterocycles. The highest BCUT2D eigenvalue weighted by atomic mass is 32.1. The highest BCUT2D eigenvalue weighted by Crippen LogP contribution is 2.15. The van der Waals surface area contributed by atoms with Gasteiger partial charge in [0, 0.05) is 18.1 Å². The lowest BCUT2D eigenvalue weighted by Gasteiger charge is -2.07. The highest BCUT2D eigenvalue weighted by Gasteiger charge is 2.17. The minimum Gasteiger partial charge on any atom is -0.321 e. The first-order chi connectivity index (χ1) is 16.0. The van der Waals surface area contributed by atoms with Crippen LogP contribution in [0.25, 0.3) is 17.3 Å². The van der Waals surface area contributed by atoms with E-state index >= 15 is 0 Å². The van der Waals surface area contributed by atoms with E-state index in [1.807, 2.05) is 38.1 Å². The van der Waals surface area contributed by atoms with E-state index in [0.717, 1.165) is 28.0 Å². The summed E-state index contributed by atoms with van der Waals surface area (Å²) < 4.78 is 2.10. The van der Waals surface area contributed by atoms with Gasteiger partial charge in [-0.05, 0) is 73.0 Å². The number of hydrogen-bond acceptors (Lipinski definition) is 5. The van der Waals surface area contributed by atoms with E-state index in [1.165, 1.54) is 4.57 Å². The molecule has 0 aliphatic rings. The van der Waals surface area contributed by atoms with Crippen LogP contribution in [0.1, 0.15) is 16.7 Å². The summed E-state index contributed by atoms with van der Waals surface area (Å²) in [7, 11) is 0. The molecule has 1 N–H and O–H groups in total. The molecule has 0 spiro atoms. The van der Waals surface area contributed by atoms with Gasteiger partial charge in [0.2, 0.25) is 0 Å². The molecule has 0 unspecified atom stereocenters. The van der Waals surface area contributed by atoms with Crippen LogP contribution in [0, 0.1) is 25.2 Å². The standard InChI is InChI=1S/C26H20N4O2S/c1-17-8-9-20(14-18(17)2)29-24(31)22(16-27)26-30(21-6-4-3-5-7-21)25(32)23(33-26)15-19-10-12-28-13-11-19/h3-15H,1-2H3,(H,29,31)/b23-15+,26-22+. The third-order valence-corrected chi connectivity index (χ3v) is 6.25. The molecule has 0 saturated carbocycles. The molecule has 162 valence electrons. The van der Waals surface area contributed by atoms with Crippen molar-refractivity contribution in [2.45, 2.75) is 13.8 Å². The Labute approximate surface area is 194 Å². The van der Waals surface area contributed by atoms with E-state index in [2.05, 4.69) is 10.3 Å². The number of amides is 1. The normalized spacial score (nSPS) is 12.2. The average molecular weight is 453 g/mol. The van der Waals surface area contributed by atoms with Crippen molar-refractivity contribution in [2.24, 2.45) is 0 Å². The van der Waals surface area contributed by atoms with Crippen molar-refractivity contribution in [1.82, 2.24) is 9.55 Å². The van der Waals surface area contributed by atoms with E-state index in [1.54, 1.807) is 60.9 Å². The van der Waals surface area contributed by atoms with Crippen molar-refractivity contribution >= 4 is 34.6 Å². The second-order valence-corrected chi connectivity index (χ2v) is 8.44. The molecular formula is C26H20N4O2S. The molecular weight excluding hydrogens is 432 g/mol. The number of nitrogens with one attached hydrogen (secondary N) is 1. The van der Waals surface area contributed by atoms with Crippen LogP contribution >= 0.6 is 11.3 Å².